The van der Waals surface area contributed by atoms with Crippen molar-refractivity contribution < 1.29 is 23.7 Å². The summed E-state index contributed by atoms with van der Waals surface area (Å²) in [5.74, 6) is 1.25. The summed E-state index contributed by atoms with van der Waals surface area (Å²) in [6.45, 7) is 10.2. The molecule has 2 aromatic carbocycles. The Hall–Kier alpha value is -2.87. The first kappa shape index (κ1) is 23.3. The van der Waals surface area contributed by atoms with Crippen molar-refractivity contribution in [3.63, 3.8) is 0 Å². The summed E-state index contributed by atoms with van der Waals surface area (Å²) in [5, 5.41) is 10.8. The van der Waals surface area contributed by atoms with Crippen LogP contribution in [0.4, 0.5) is 0 Å². The lowest BCUT2D eigenvalue weighted by molar-refractivity contribution is -0.0786. The molecule has 4 rings (SSSR count). The van der Waals surface area contributed by atoms with Gasteiger partial charge in [0.2, 0.25) is 11.2 Å². The van der Waals surface area contributed by atoms with Crippen LogP contribution < -0.4 is 14.9 Å². The summed E-state index contributed by atoms with van der Waals surface area (Å²) >= 11 is 0. The molecule has 1 aliphatic rings. The number of hydrogen-bond acceptors (Lipinski definition) is 7. The minimum atomic E-state index is -0.640. The van der Waals surface area contributed by atoms with Gasteiger partial charge in [-0.15, -0.1) is 0 Å². The van der Waals surface area contributed by atoms with Crippen LogP contribution >= 0.6 is 0 Å². The van der Waals surface area contributed by atoms with Gasteiger partial charge in [0.15, 0.2) is 0 Å². The first-order chi connectivity index (χ1) is 15.8. The second-order valence-corrected chi connectivity index (χ2v) is 8.95. The predicted molar refractivity (Wildman–Crippen MR) is 126 cm³/mol. The number of benzene rings is 2. The molecule has 7 heteroatoms. The number of rotatable bonds is 7. The summed E-state index contributed by atoms with van der Waals surface area (Å²) in [6.07, 6.45) is 0.976. The first-order valence-corrected chi connectivity index (χ1v) is 11.3. The van der Waals surface area contributed by atoms with E-state index in [0.717, 1.165) is 24.2 Å². The lowest BCUT2D eigenvalue weighted by atomic mass is 10.1. The molecule has 7 nitrogen and oxygen atoms in total. The summed E-state index contributed by atoms with van der Waals surface area (Å²) in [6, 6.07) is 10.8. The number of ether oxygens (including phenoxy) is 3. The Morgan fingerprint density at radius 1 is 1.06 bits per heavy atom. The second kappa shape index (κ2) is 9.95. The maximum atomic E-state index is 12.9. The van der Waals surface area contributed by atoms with Crippen molar-refractivity contribution in [2.45, 2.75) is 46.0 Å². The number of aliphatic hydroxyl groups is 1. The summed E-state index contributed by atoms with van der Waals surface area (Å²) < 4.78 is 22.9. The zero-order chi connectivity index (χ0) is 23.5. The van der Waals surface area contributed by atoms with E-state index in [-0.39, 0.29) is 30.0 Å². The molecule has 1 N–H and O–H groups in total. The summed E-state index contributed by atoms with van der Waals surface area (Å²) in [7, 11) is 0. The fraction of sp³-hybridized carbons (Fsp3) is 0.423. The molecule has 0 saturated carbocycles. The van der Waals surface area contributed by atoms with E-state index in [9.17, 15) is 9.90 Å². The Bertz CT molecular complexity index is 1140. The Kier molecular flexibility index (Phi) is 7.02. The number of morpholine rings is 1. The molecule has 3 atom stereocenters. The lowest BCUT2D eigenvalue weighted by Crippen LogP contribution is -2.48. The fourth-order valence-electron chi connectivity index (χ4n) is 4.35. The summed E-state index contributed by atoms with van der Waals surface area (Å²) in [4.78, 5) is 15.1. The zero-order valence-electron chi connectivity index (χ0n) is 19.5. The Balaban J connectivity index is 1.41. The van der Waals surface area contributed by atoms with Gasteiger partial charge < -0.3 is 23.7 Å². The molecule has 0 unspecified atom stereocenters. The normalized spacial score (nSPS) is 20.0. The smallest absolute Gasteiger partial charge is 0.235 e. The van der Waals surface area contributed by atoms with Crippen LogP contribution in [0.3, 0.4) is 0 Å². The minimum Gasteiger partial charge on any atom is -0.491 e. The van der Waals surface area contributed by atoms with E-state index in [0.29, 0.717) is 29.0 Å². The van der Waals surface area contributed by atoms with Gasteiger partial charge in [-0.2, -0.15) is 0 Å². The van der Waals surface area contributed by atoms with E-state index in [1.165, 1.54) is 6.26 Å². The Labute approximate surface area is 193 Å². The van der Waals surface area contributed by atoms with Crippen LogP contribution in [0.5, 0.6) is 17.2 Å². The van der Waals surface area contributed by atoms with Crippen LogP contribution in [0.15, 0.2) is 51.9 Å². The van der Waals surface area contributed by atoms with E-state index < -0.39 is 6.10 Å². The largest absolute Gasteiger partial charge is 0.491 e. The van der Waals surface area contributed by atoms with E-state index in [2.05, 4.69) is 4.90 Å². The maximum absolute atomic E-state index is 12.9. The maximum Gasteiger partial charge on any atom is 0.235 e. The van der Waals surface area contributed by atoms with Gasteiger partial charge >= 0.3 is 0 Å². The van der Waals surface area contributed by atoms with E-state index >= 15 is 0 Å². The monoisotopic (exact) mass is 453 g/mol. The van der Waals surface area contributed by atoms with E-state index in [1.54, 1.807) is 18.2 Å². The molecule has 0 radical (unpaired) electrons. The predicted octanol–water partition coefficient (Wildman–Crippen LogP) is 4.05. The molecule has 1 fully saturated rings. The third-order valence-electron chi connectivity index (χ3n) is 5.54. The van der Waals surface area contributed by atoms with E-state index in [1.807, 2.05) is 45.9 Å². The number of aryl methyl sites for hydroxylation is 2. The van der Waals surface area contributed by atoms with Crippen molar-refractivity contribution in [1.29, 1.82) is 0 Å². The average Bonchev–Trinajstić information content (AvgIpc) is 2.73. The molecule has 1 aliphatic heterocycles. The molecule has 0 aliphatic carbocycles. The molecule has 2 heterocycles. The van der Waals surface area contributed by atoms with Gasteiger partial charge in [-0.05, 0) is 63.1 Å². The van der Waals surface area contributed by atoms with Crippen LogP contribution in [0.2, 0.25) is 0 Å². The van der Waals surface area contributed by atoms with Crippen molar-refractivity contribution in [3.8, 4) is 17.2 Å². The molecular weight excluding hydrogens is 422 g/mol. The fourth-order valence-corrected chi connectivity index (χ4v) is 4.35. The lowest BCUT2D eigenvalue weighted by Gasteiger charge is -2.36. The van der Waals surface area contributed by atoms with Gasteiger partial charge in [0.25, 0.3) is 0 Å². The number of aliphatic hydroxyl groups excluding tert-OH is 1. The number of nitrogens with zero attached hydrogens (tertiary/aromatic N) is 1. The van der Waals surface area contributed by atoms with Gasteiger partial charge in [-0.1, -0.05) is 6.07 Å². The molecule has 3 aromatic rings. The van der Waals surface area contributed by atoms with Crippen molar-refractivity contribution in [3.05, 3.63) is 64.0 Å². The first-order valence-electron chi connectivity index (χ1n) is 11.3. The molecule has 33 heavy (non-hydrogen) atoms. The highest BCUT2D eigenvalue weighted by atomic mass is 16.5. The van der Waals surface area contributed by atoms with Crippen molar-refractivity contribution in [2.24, 2.45) is 0 Å². The molecular formula is C26H31NO6. The molecule has 0 bridgehead atoms. The van der Waals surface area contributed by atoms with Crippen LogP contribution in [0.1, 0.15) is 25.0 Å². The number of β-amino-alcohol motifs (C(OH)–C–C–N with tert-alkyl or cyclic N) is 1. The second-order valence-electron chi connectivity index (χ2n) is 8.95. The zero-order valence-corrected chi connectivity index (χ0v) is 19.5. The number of hydrogen-bond donors (Lipinski definition) is 1. The third-order valence-corrected chi connectivity index (χ3v) is 5.54. The van der Waals surface area contributed by atoms with Crippen molar-refractivity contribution in [1.82, 2.24) is 4.90 Å². The third kappa shape index (κ3) is 5.93. The number of fused-ring (bicyclic) bond motifs is 1. The summed E-state index contributed by atoms with van der Waals surface area (Å²) in [5.41, 5.74) is 2.25. The van der Waals surface area contributed by atoms with Crippen LogP contribution in [-0.4, -0.2) is 54.6 Å². The van der Waals surface area contributed by atoms with Crippen LogP contribution in [0, 0.1) is 13.8 Å². The average molecular weight is 454 g/mol. The molecule has 1 aromatic heterocycles. The minimum absolute atomic E-state index is 0.130. The molecule has 176 valence electrons. The van der Waals surface area contributed by atoms with Gasteiger partial charge in [-0.25, -0.2) is 0 Å². The SMILES string of the molecule is Cc1cc(C)cc(Oc2coc3cc(OC[C@@H](O)CN4C[C@@H](C)O[C@H](C)C4)ccc3c2=O)c1. The van der Waals surface area contributed by atoms with Crippen LogP contribution in [0.25, 0.3) is 11.0 Å². The Morgan fingerprint density at radius 2 is 1.76 bits per heavy atom. The quantitative estimate of drug-likeness (QED) is 0.578. The molecule has 1 saturated heterocycles. The highest BCUT2D eigenvalue weighted by Crippen LogP contribution is 2.25. The van der Waals surface area contributed by atoms with Gasteiger partial charge in [0.1, 0.15) is 36.1 Å². The highest BCUT2D eigenvalue weighted by molar-refractivity contribution is 5.79. The molecule has 0 spiro atoms. The topological polar surface area (TPSA) is 81.4 Å². The molecule has 0 amide bonds. The Morgan fingerprint density at radius 3 is 2.45 bits per heavy atom. The van der Waals surface area contributed by atoms with Gasteiger partial charge in [-0.3, -0.25) is 9.69 Å². The van der Waals surface area contributed by atoms with Crippen molar-refractivity contribution in [2.75, 3.05) is 26.2 Å². The van der Waals surface area contributed by atoms with Crippen molar-refractivity contribution >= 4 is 11.0 Å². The van der Waals surface area contributed by atoms with Gasteiger partial charge in [0.05, 0.1) is 17.6 Å². The van der Waals surface area contributed by atoms with Gasteiger partial charge in [0, 0.05) is 25.7 Å². The highest BCUT2D eigenvalue weighted by Gasteiger charge is 2.24. The van der Waals surface area contributed by atoms with Crippen LogP contribution in [-0.2, 0) is 4.74 Å². The van der Waals surface area contributed by atoms with E-state index in [4.69, 9.17) is 18.6 Å². The standard InChI is InChI=1S/C26H31NO6/c1-16-7-17(2)9-22(8-16)33-25-15-31-24-10-21(5-6-23(24)26(25)29)30-14-20(28)13-27-11-18(3)32-19(4)12-27/h5-10,15,18-20,28H,11-14H2,1-4H3/t18-,19-,20+/m1/s1.